The maximum atomic E-state index is 9.91. The van der Waals surface area contributed by atoms with Gasteiger partial charge < -0.3 is 9.84 Å². The van der Waals surface area contributed by atoms with Crippen molar-refractivity contribution >= 4 is 10.9 Å². The number of hydrogen-bond acceptors (Lipinski definition) is 3. The third-order valence-electron chi connectivity index (χ3n) is 3.31. The molecule has 96 valence electrons. The Morgan fingerprint density at radius 2 is 2.06 bits per heavy atom. The number of pyridine rings is 1. The Hall–Kier alpha value is -1.61. The van der Waals surface area contributed by atoms with Crippen LogP contribution in [0.25, 0.3) is 10.9 Å². The standard InChI is InChI=1S/C15H19NO2/c1-3-11(2)13(17)10-18-14-8-4-6-12-7-5-9-16-15(12)14/h4-9,11,13,17H,3,10H2,1-2H3. The largest absolute Gasteiger partial charge is 0.489 e. The smallest absolute Gasteiger partial charge is 0.145 e. The lowest BCUT2D eigenvalue weighted by atomic mass is 10.0. The zero-order valence-corrected chi connectivity index (χ0v) is 10.8. The van der Waals surface area contributed by atoms with Crippen molar-refractivity contribution in [2.24, 2.45) is 5.92 Å². The highest BCUT2D eigenvalue weighted by Crippen LogP contribution is 2.23. The van der Waals surface area contributed by atoms with Crippen LogP contribution in [-0.4, -0.2) is 22.8 Å². The van der Waals surface area contributed by atoms with Crippen molar-refractivity contribution in [2.45, 2.75) is 26.4 Å². The molecule has 0 spiro atoms. The number of fused-ring (bicyclic) bond motifs is 1. The van der Waals surface area contributed by atoms with E-state index in [0.29, 0.717) is 6.61 Å². The molecule has 0 amide bonds. The monoisotopic (exact) mass is 245 g/mol. The molecule has 1 heterocycles. The van der Waals surface area contributed by atoms with Gasteiger partial charge in [-0.1, -0.05) is 38.5 Å². The van der Waals surface area contributed by atoms with E-state index in [0.717, 1.165) is 23.1 Å². The Kier molecular flexibility index (Phi) is 4.15. The molecule has 0 saturated carbocycles. The van der Waals surface area contributed by atoms with Crippen LogP contribution < -0.4 is 4.74 Å². The van der Waals surface area contributed by atoms with Crippen LogP contribution in [0.5, 0.6) is 5.75 Å². The van der Waals surface area contributed by atoms with Gasteiger partial charge in [0.1, 0.15) is 17.9 Å². The fraction of sp³-hybridized carbons (Fsp3) is 0.400. The minimum Gasteiger partial charge on any atom is -0.489 e. The molecule has 0 aliphatic rings. The molecule has 18 heavy (non-hydrogen) atoms. The Morgan fingerprint density at radius 3 is 2.83 bits per heavy atom. The molecular weight excluding hydrogens is 226 g/mol. The molecular formula is C15H19NO2. The van der Waals surface area contributed by atoms with Gasteiger partial charge in [0.2, 0.25) is 0 Å². The average molecular weight is 245 g/mol. The summed E-state index contributed by atoms with van der Waals surface area (Å²) in [5.41, 5.74) is 0.844. The van der Waals surface area contributed by atoms with Gasteiger partial charge in [-0.3, -0.25) is 4.98 Å². The second-order valence-electron chi connectivity index (χ2n) is 4.60. The molecule has 0 aliphatic heterocycles. The quantitative estimate of drug-likeness (QED) is 0.880. The molecule has 0 fully saturated rings. The van der Waals surface area contributed by atoms with Crippen molar-refractivity contribution in [2.75, 3.05) is 6.61 Å². The lowest BCUT2D eigenvalue weighted by Crippen LogP contribution is -2.24. The number of hydrogen-bond donors (Lipinski definition) is 1. The second-order valence-corrected chi connectivity index (χ2v) is 4.60. The lowest BCUT2D eigenvalue weighted by molar-refractivity contribution is 0.0627. The summed E-state index contributed by atoms with van der Waals surface area (Å²) >= 11 is 0. The van der Waals surface area contributed by atoms with Crippen LogP contribution in [0.1, 0.15) is 20.3 Å². The van der Waals surface area contributed by atoms with Gasteiger partial charge in [-0.25, -0.2) is 0 Å². The van der Waals surface area contributed by atoms with Crippen LogP contribution in [0, 0.1) is 5.92 Å². The summed E-state index contributed by atoms with van der Waals surface area (Å²) < 4.78 is 5.69. The zero-order chi connectivity index (χ0) is 13.0. The molecule has 2 rings (SSSR count). The van der Waals surface area contributed by atoms with E-state index in [1.165, 1.54) is 0 Å². The Morgan fingerprint density at radius 1 is 1.28 bits per heavy atom. The van der Waals surface area contributed by atoms with Gasteiger partial charge in [-0.15, -0.1) is 0 Å². The van der Waals surface area contributed by atoms with Gasteiger partial charge in [0.25, 0.3) is 0 Å². The van der Waals surface area contributed by atoms with E-state index >= 15 is 0 Å². The molecule has 1 aromatic heterocycles. The van der Waals surface area contributed by atoms with Crippen LogP contribution >= 0.6 is 0 Å². The van der Waals surface area contributed by atoms with Crippen LogP contribution in [0.15, 0.2) is 36.5 Å². The van der Waals surface area contributed by atoms with Gasteiger partial charge in [-0.05, 0) is 18.1 Å². The van der Waals surface area contributed by atoms with E-state index in [9.17, 15) is 5.11 Å². The fourth-order valence-electron chi connectivity index (χ4n) is 1.80. The molecule has 1 aromatic carbocycles. The fourth-order valence-corrected chi connectivity index (χ4v) is 1.80. The number of ether oxygens (including phenoxy) is 1. The van der Waals surface area contributed by atoms with Crippen molar-refractivity contribution in [3.8, 4) is 5.75 Å². The minimum absolute atomic E-state index is 0.243. The van der Waals surface area contributed by atoms with E-state index < -0.39 is 6.10 Å². The molecule has 0 radical (unpaired) electrons. The van der Waals surface area contributed by atoms with Crippen molar-refractivity contribution in [1.29, 1.82) is 0 Å². The topological polar surface area (TPSA) is 42.4 Å². The highest BCUT2D eigenvalue weighted by molar-refractivity contribution is 5.84. The molecule has 2 unspecified atom stereocenters. The Balaban J connectivity index is 2.12. The van der Waals surface area contributed by atoms with Gasteiger partial charge in [0, 0.05) is 11.6 Å². The second kappa shape index (κ2) is 5.83. The molecule has 0 aliphatic carbocycles. The maximum absolute atomic E-state index is 9.91. The zero-order valence-electron chi connectivity index (χ0n) is 10.8. The number of aliphatic hydroxyl groups excluding tert-OH is 1. The van der Waals surface area contributed by atoms with E-state index in [1.54, 1.807) is 6.20 Å². The predicted octanol–water partition coefficient (Wildman–Crippen LogP) is 3.02. The summed E-state index contributed by atoms with van der Waals surface area (Å²) in [6.45, 7) is 4.40. The molecule has 0 saturated heterocycles. The first-order valence-electron chi connectivity index (χ1n) is 6.37. The predicted molar refractivity (Wildman–Crippen MR) is 72.7 cm³/mol. The van der Waals surface area contributed by atoms with Gasteiger partial charge in [0.15, 0.2) is 0 Å². The molecule has 3 nitrogen and oxygen atoms in total. The van der Waals surface area contributed by atoms with Crippen molar-refractivity contribution in [3.05, 3.63) is 36.5 Å². The van der Waals surface area contributed by atoms with Crippen molar-refractivity contribution in [3.63, 3.8) is 0 Å². The number of aromatic nitrogens is 1. The summed E-state index contributed by atoms with van der Waals surface area (Å²) in [4.78, 5) is 4.32. The number of para-hydroxylation sites is 1. The number of rotatable bonds is 5. The van der Waals surface area contributed by atoms with E-state index in [4.69, 9.17) is 4.74 Å². The van der Waals surface area contributed by atoms with Gasteiger partial charge >= 0.3 is 0 Å². The molecule has 2 aromatic rings. The van der Waals surface area contributed by atoms with Crippen molar-refractivity contribution < 1.29 is 9.84 Å². The third-order valence-corrected chi connectivity index (χ3v) is 3.31. The Labute approximate surface area is 107 Å². The summed E-state index contributed by atoms with van der Waals surface area (Å²) in [6.07, 6.45) is 2.26. The van der Waals surface area contributed by atoms with Gasteiger partial charge in [-0.2, -0.15) is 0 Å². The highest BCUT2D eigenvalue weighted by atomic mass is 16.5. The molecule has 2 atom stereocenters. The molecule has 0 bridgehead atoms. The maximum Gasteiger partial charge on any atom is 0.145 e. The van der Waals surface area contributed by atoms with Crippen LogP contribution in [0.3, 0.4) is 0 Å². The first-order valence-corrected chi connectivity index (χ1v) is 6.37. The Bertz CT molecular complexity index is 507. The summed E-state index contributed by atoms with van der Waals surface area (Å²) in [5, 5.41) is 11.0. The van der Waals surface area contributed by atoms with E-state index in [1.807, 2.05) is 37.3 Å². The van der Waals surface area contributed by atoms with Crippen LogP contribution in [-0.2, 0) is 0 Å². The number of benzene rings is 1. The molecule has 3 heteroatoms. The van der Waals surface area contributed by atoms with E-state index in [-0.39, 0.29) is 5.92 Å². The highest BCUT2D eigenvalue weighted by Gasteiger charge is 2.13. The minimum atomic E-state index is -0.436. The normalized spacial score (nSPS) is 14.4. The summed E-state index contributed by atoms with van der Waals surface area (Å²) in [5.74, 6) is 0.975. The number of nitrogens with zero attached hydrogens (tertiary/aromatic N) is 1. The first kappa shape index (κ1) is 12.8. The first-order chi connectivity index (χ1) is 8.72. The summed E-state index contributed by atoms with van der Waals surface area (Å²) in [7, 11) is 0. The van der Waals surface area contributed by atoms with Crippen molar-refractivity contribution in [1.82, 2.24) is 4.98 Å². The van der Waals surface area contributed by atoms with E-state index in [2.05, 4.69) is 11.9 Å². The van der Waals surface area contributed by atoms with Crippen LogP contribution in [0.2, 0.25) is 0 Å². The van der Waals surface area contributed by atoms with Crippen LogP contribution in [0.4, 0.5) is 0 Å². The third kappa shape index (κ3) is 2.79. The summed E-state index contributed by atoms with van der Waals surface area (Å²) in [6, 6.07) is 9.73. The average Bonchev–Trinajstić information content (AvgIpc) is 2.43. The van der Waals surface area contributed by atoms with Gasteiger partial charge in [0.05, 0.1) is 6.10 Å². The SMILES string of the molecule is CCC(C)C(O)COc1cccc2cccnc12. The number of aliphatic hydroxyl groups is 1. The lowest BCUT2D eigenvalue weighted by Gasteiger charge is -2.18. The molecule has 1 N–H and O–H groups in total.